The molecule has 0 aliphatic heterocycles. The van der Waals surface area contributed by atoms with E-state index < -0.39 is 0 Å². The minimum Gasteiger partial charge on any atom is -0.349 e. The van der Waals surface area contributed by atoms with Crippen molar-refractivity contribution < 1.29 is 9.59 Å². The van der Waals surface area contributed by atoms with Crippen LogP contribution in [0.2, 0.25) is 5.02 Å². The van der Waals surface area contributed by atoms with Gasteiger partial charge in [0.05, 0.1) is 0 Å². The number of hydrogen-bond donors (Lipinski definition) is 1. The monoisotopic (exact) mass is 268 g/mol. The molecule has 5 heteroatoms. The second kappa shape index (κ2) is 6.40. The van der Waals surface area contributed by atoms with Crippen LogP contribution >= 0.6 is 11.6 Å². The van der Waals surface area contributed by atoms with Crippen molar-refractivity contribution in [2.45, 2.75) is 19.8 Å². The third-order valence-electron chi connectivity index (χ3n) is 2.51. The zero-order valence-corrected chi connectivity index (χ0v) is 11.5. The molecule has 1 aromatic rings. The number of benzene rings is 1. The zero-order valence-electron chi connectivity index (χ0n) is 10.8. The molecule has 0 heterocycles. The molecule has 0 radical (unpaired) electrons. The fourth-order valence-corrected chi connectivity index (χ4v) is 1.51. The van der Waals surface area contributed by atoms with Crippen LogP contribution in [-0.4, -0.2) is 30.8 Å². The summed E-state index contributed by atoms with van der Waals surface area (Å²) in [6.07, 6.45) is 0.393. The van der Waals surface area contributed by atoms with Crippen molar-refractivity contribution in [3.63, 3.8) is 0 Å². The Balaban J connectivity index is 2.49. The van der Waals surface area contributed by atoms with Gasteiger partial charge in [-0.15, -0.1) is 0 Å². The summed E-state index contributed by atoms with van der Waals surface area (Å²) in [5.74, 6) is -0.232. The number of anilines is 1. The third kappa shape index (κ3) is 4.37. The molecule has 0 fully saturated rings. The topological polar surface area (TPSA) is 49.4 Å². The van der Waals surface area contributed by atoms with E-state index in [1.54, 1.807) is 32.3 Å². The van der Waals surface area contributed by atoms with E-state index in [-0.39, 0.29) is 24.7 Å². The third-order valence-corrected chi connectivity index (χ3v) is 2.93. The molecular formula is C13H17ClN2O2. The average molecular weight is 269 g/mol. The molecule has 1 aromatic carbocycles. The van der Waals surface area contributed by atoms with Gasteiger partial charge in [0.1, 0.15) is 0 Å². The minimum absolute atomic E-state index is 0.0579. The molecule has 1 N–H and O–H groups in total. The molecule has 0 saturated carbocycles. The van der Waals surface area contributed by atoms with Crippen molar-refractivity contribution in [1.29, 1.82) is 0 Å². The van der Waals surface area contributed by atoms with Crippen molar-refractivity contribution in [3.8, 4) is 0 Å². The van der Waals surface area contributed by atoms with Gasteiger partial charge in [0.25, 0.3) is 0 Å². The Hall–Kier alpha value is -1.55. The summed E-state index contributed by atoms with van der Waals surface area (Å²) in [5, 5.41) is 3.40. The van der Waals surface area contributed by atoms with E-state index in [4.69, 9.17) is 11.6 Å². The molecule has 0 aromatic heterocycles. The SMILES string of the molecule is Cc1cc(NC(=O)CCC(=O)N(C)C)ccc1Cl. The Kier molecular flexibility index (Phi) is 5.16. The van der Waals surface area contributed by atoms with Crippen molar-refractivity contribution in [2.75, 3.05) is 19.4 Å². The molecule has 98 valence electrons. The predicted molar refractivity (Wildman–Crippen MR) is 72.7 cm³/mol. The average Bonchev–Trinajstić information content (AvgIpc) is 2.30. The molecule has 0 spiro atoms. The van der Waals surface area contributed by atoms with Gasteiger partial charge in [-0.2, -0.15) is 0 Å². The molecule has 0 aliphatic rings. The number of nitrogens with one attached hydrogen (secondary N) is 1. The molecule has 18 heavy (non-hydrogen) atoms. The Labute approximate surface area is 112 Å². The lowest BCUT2D eigenvalue weighted by Crippen LogP contribution is -2.23. The second-order valence-corrected chi connectivity index (χ2v) is 4.71. The van der Waals surface area contributed by atoms with Crippen LogP contribution in [0.15, 0.2) is 18.2 Å². The maximum Gasteiger partial charge on any atom is 0.224 e. The lowest BCUT2D eigenvalue weighted by Gasteiger charge is -2.10. The molecule has 2 amide bonds. The molecule has 4 nitrogen and oxygen atoms in total. The molecule has 1 rings (SSSR count). The highest BCUT2D eigenvalue weighted by molar-refractivity contribution is 6.31. The smallest absolute Gasteiger partial charge is 0.224 e. The first-order chi connectivity index (χ1) is 8.40. The Bertz CT molecular complexity index is 458. The largest absolute Gasteiger partial charge is 0.349 e. The van der Waals surface area contributed by atoms with Crippen LogP contribution in [-0.2, 0) is 9.59 Å². The highest BCUT2D eigenvalue weighted by atomic mass is 35.5. The number of hydrogen-bond acceptors (Lipinski definition) is 2. The summed E-state index contributed by atoms with van der Waals surface area (Å²) in [6, 6.07) is 5.27. The van der Waals surface area contributed by atoms with Crippen LogP contribution < -0.4 is 5.32 Å². The molecule has 0 unspecified atom stereocenters. The Morgan fingerprint density at radius 2 is 1.94 bits per heavy atom. The van der Waals surface area contributed by atoms with E-state index in [2.05, 4.69) is 5.32 Å². The van der Waals surface area contributed by atoms with Gasteiger partial charge in [-0.25, -0.2) is 0 Å². The maximum absolute atomic E-state index is 11.6. The van der Waals surface area contributed by atoms with E-state index in [9.17, 15) is 9.59 Å². The zero-order chi connectivity index (χ0) is 13.7. The van der Waals surface area contributed by atoms with Crippen LogP contribution in [0, 0.1) is 6.92 Å². The van der Waals surface area contributed by atoms with Crippen LogP contribution in [0.1, 0.15) is 18.4 Å². The molecule has 0 aliphatic carbocycles. The van der Waals surface area contributed by atoms with E-state index in [0.717, 1.165) is 5.56 Å². The van der Waals surface area contributed by atoms with E-state index >= 15 is 0 Å². The van der Waals surface area contributed by atoms with Gasteiger partial charge in [0.2, 0.25) is 11.8 Å². The lowest BCUT2D eigenvalue weighted by atomic mass is 10.2. The summed E-state index contributed by atoms with van der Waals surface area (Å²) >= 11 is 5.89. The first-order valence-corrected chi connectivity index (χ1v) is 6.04. The van der Waals surface area contributed by atoms with Gasteiger partial charge < -0.3 is 10.2 Å². The standard InChI is InChI=1S/C13H17ClN2O2/c1-9-8-10(4-5-11(9)14)15-12(17)6-7-13(18)16(2)3/h4-5,8H,6-7H2,1-3H3,(H,15,17). The van der Waals surface area contributed by atoms with Gasteiger partial charge in [-0.1, -0.05) is 11.6 Å². The Morgan fingerprint density at radius 3 is 2.50 bits per heavy atom. The van der Waals surface area contributed by atoms with Crippen molar-refractivity contribution in [3.05, 3.63) is 28.8 Å². The number of nitrogens with zero attached hydrogens (tertiary/aromatic N) is 1. The van der Waals surface area contributed by atoms with Gasteiger partial charge >= 0.3 is 0 Å². The van der Waals surface area contributed by atoms with Gasteiger partial charge in [0, 0.05) is 37.6 Å². The molecule has 0 atom stereocenters. The number of carbonyl (C=O) groups excluding carboxylic acids is 2. The summed E-state index contributed by atoms with van der Waals surface area (Å²) in [4.78, 5) is 24.4. The van der Waals surface area contributed by atoms with Crippen LogP contribution in [0.25, 0.3) is 0 Å². The summed E-state index contributed by atoms with van der Waals surface area (Å²) in [5.41, 5.74) is 1.60. The minimum atomic E-state index is -0.174. The number of aryl methyl sites for hydroxylation is 1. The summed E-state index contributed by atoms with van der Waals surface area (Å²) < 4.78 is 0. The number of rotatable bonds is 4. The highest BCUT2D eigenvalue weighted by Gasteiger charge is 2.09. The van der Waals surface area contributed by atoms with Crippen LogP contribution in [0.3, 0.4) is 0 Å². The fourth-order valence-electron chi connectivity index (χ4n) is 1.39. The first-order valence-electron chi connectivity index (χ1n) is 5.66. The van der Waals surface area contributed by atoms with E-state index in [1.165, 1.54) is 4.90 Å². The van der Waals surface area contributed by atoms with E-state index in [1.807, 2.05) is 6.92 Å². The second-order valence-electron chi connectivity index (χ2n) is 4.30. The van der Waals surface area contributed by atoms with Crippen LogP contribution in [0.4, 0.5) is 5.69 Å². The van der Waals surface area contributed by atoms with E-state index in [0.29, 0.717) is 10.7 Å². The fraction of sp³-hybridized carbons (Fsp3) is 0.385. The Morgan fingerprint density at radius 1 is 1.28 bits per heavy atom. The van der Waals surface area contributed by atoms with Crippen molar-refractivity contribution in [1.82, 2.24) is 4.90 Å². The molecular weight excluding hydrogens is 252 g/mol. The van der Waals surface area contributed by atoms with Gasteiger partial charge in [0.15, 0.2) is 0 Å². The summed E-state index contributed by atoms with van der Waals surface area (Å²) in [6.45, 7) is 1.87. The van der Waals surface area contributed by atoms with Gasteiger partial charge in [-0.05, 0) is 30.7 Å². The van der Waals surface area contributed by atoms with Crippen molar-refractivity contribution >= 4 is 29.1 Å². The van der Waals surface area contributed by atoms with Gasteiger partial charge in [-0.3, -0.25) is 9.59 Å². The quantitative estimate of drug-likeness (QED) is 0.912. The number of amides is 2. The molecule has 0 bridgehead atoms. The maximum atomic E-state index is 11.6. The first kappa shape index (κ1) is 14.5. The molecule has 0 saturated heterocycles. The predicted octanol–water partition coefficient (Wildman–Crippen LogP) is 2.46. The lowest BCUT2D eigenvalue weighted by molar-refractivity contribution is -0.130. The number of halogens is 1. The highest BCUT2D eigenvalue weighted by Crippen LogP contribution is 2.19. The normalized spacial score (nSPS) is 10.0. The number of carbonyl (C=O) groups is 2. The van der Waals surface area contributed by atoms with Crippen LogP contribution in [0.5, 0.6) is 0 Å². The van der Waals surface area contributed by atoms with Crippen molar-refractivity contribution in [2.24, 2.45) is 0 Å². The summed E-state index contributed by atoms with van der Waals surface area (Å²) in [7, 11) is 3.34.